The van der Waals surface area contributed by atoms with E-state index in [-0.39, 0.29) is 17.5 Å². The highest BCUT2D eigenvalue weighted by molar-refractivity contribution is 7.89. The molecule has 2 aromatic rings. The molecule has 0 aliphatic carbocycles. The molecule has 0 radical (unpaired) electrons. The van der Waals surface area contributed by atoms with Crippen molar-refractivity contribution in [1.29, 1.82) is 0 Å². The summed E-state index contributed by atoms with van der Waals surface area (Å²) in [7, 11) is 2.15. The summed E-state index contributed by atoms with van der Waals surface area (Å²) in [6.45, 7) is 3.25. The normalized spacial score (nSPS) is 12.4. The minimum Gasteiger partial charge on any atom is -0.496 e. The Hall–Kier alpha value is -2.78. The molecule has 0 saturated carbocycles. The quantitative estimate of drug-likeness (QED) is 0.649. The zero-order valence-corrected chi connectivity index (χ0v) is 18.9. The highest BCUT2D eigenvalue weighted by Gasteiger charge is 2.24. The number of carbonyl (C=O) groups is 1. The Labute approximate surface area is 177 Å². The molecule has 1 atom stereocenters. The van der Waals surface area contributed by atoms with E-state index < -0.39 is 15.9 Å². The molecule has 1 amide bonds. The van der Waals surface area contributed by atoms with E-state index in [1.807, 2.05) is 6.07 Å². The molecule has 0 aromatic heterocycles. The van der Waals surface area contributed by atoms with Crippen LogP contribution in [0.15, 0.2) is 41.3 Å². The van der Waals surface area contributed by atoms with Gasteiger partial charge in [-0.15, -0.1) is 0 Å². The molecule has 0 spiro atoms. The summed E-state index contributed by atoms with van der Waals surface area (Å²) in [6, 6.07) is 9.56. The summed E-state index contributed by atoms with van der Waals surface area (Å²) in [5, 5.41) is 2.81. The molecule has 2 aromatic carbocycles. The van der Waals surface area contributed by atoms with Crippen molar-refractivity contribution < 1.29 is 27.4 Å². The van der Waals surface area contributed by atoms with Crippen molar-refractivity contribution in [2.75, 3.05) is 34.9 Å². The summed E-state index contributed by atoms with van der Waals surface area (Å²) in [6.07, 6.45) is 0. The van der Waals surface area contributed by atoms with Gasteiger partial charge in [-0.3, -0.25) is 4.79 Å². The van der Waals surface area contributed by atoms with E-state index in [1.165, 1.54) is 33.4 Å². The van der Waals surface area contributed by atoms with Crippen LogP contribution in [-0.4, -0.2) is 53.6 Å². The molecule has 8 nitrogen and oxygen atoms in total. The lowest BCUT2D eigenvalue weighted by atomic mass is 10.1. The highest BCUT2D eigenvalue weighted by Crippen LogP contribution is 2.30. The zero-order valence-electron chi connectivity index (χ0n) is 18.1. The Bertz CT molecular complexity index is 1010. The molecule has 2 rings (SSSR count). The average Bonchev–Trinajstić information content (AvgIpc) is 2.72. The molecule has 30 heavy (non-hydrogen) atoms. The fourth-order valence-electron chi connectivity index (χ4n) is 2.97. The number of hydrogen-bond acceptors (Lipinski definition) is 6. The predicted octanol–water partition coefficient (Wildman–Crippen LogP) is 2.52. The van der Waals surface area contributed by atoms with E-state index in [4.69, 9.17) is 14.2 Å². The second kappa shape index (κ2) is 9.82. The molecule has 0 aliphatic heterocycles. The maximum Gasteiger partial charge on any atom is 0.243 e. The smallest absolute Gasteiger partial charge is 0.243 e. The maximum atomic E-state index is 12.8. The van der Waals surface area contributed by atoms with Crippen LogP contribution in [0.25, 0.3) is 0 Å². The number of rotatable bonds is 9. The number of likely N-dealkylation sites (N-methyl/N-ethyl adjacent to an activating group) is 1. The maximum absolute atomic E-state index is 12.8. The second-order valence-electron chi connectivity index (χ2n) is 6.80. The van der Waals surface area contributed by atoms with Gasteiger partial charge >= 0.3 is 0 Å². The second-order valence-corrected chi connectivity index (χ2v) is 8.84. The standard InChI is InChI=1S/C21H28N2O6S/c1-14-11-17(8-10-18(14)27-4)30(25,26)23(3)13-21(24)22-15(2)16-7-9-19(28-5)20(12-16)29-6/h7-12,15H,13H2,1-6H3,(H,22,24). The molecular weight excluding hydrogens is 408 g/mol. The summed E-state index contributed by atoms with van der Waals surface area (Å²) < 4.78 is 42.3. The lowest BCUT2D eigenvalue weighted by molar-refractivity contribution is -0.121. The van der Waals surface area contributed by atoms with Crippen LogP contribution in [0, 0.1) is 6.92 Å². The van der Waals surface area contributed by atoms with Crippen LogP contribution < -0.4 is 19.5 Å². The number of aryl methyl sites for hydroxylation is 1. The van der Waals surface area contributed by atoms with Gasteiger partial charge in [-0.25, -0.2) is 8.42 Å². The lowest BCUT2D eigenvalue weighted by Crippen LogP contribution is -2.39. The highest BCUT2D eigenvalue weighted by atomic mass is 32.2. The molecule has 0 bridgehead atoms. The van der Waals surface area contributed by atoms with Crippen LogP contribution in [0.3, 0.4) is 0 Å². The van der Waals surface area contributed by atoms with Crippen molar-refractivity contribution in [3.8, 4) is 17.2 Å². The van der Waals surface area contributed by atoms with Gasteiger partial charge in [0.15, 0.2) is 11.5 Å². The predicted molar refractivity (Wildman–Crippen MR) is 114 cm³/mol. The monoisotopic (exact) mass is 436 g/mol. The molecule has 1 unspecified atom stereocenters. The number of ether oxygens (including phenoxy) is 3. The van der Waals surface area contributed by atoms with Gasteiger partial charge in [0.25, 0.3) is 0 Å². The minimum absolute atomic E-state index is 0.101. The van der Waals surface area contributed by atoms with Crippen LogP contribution >= 0.6 is 0 Å². The number of sulfonamides is 1. The first kappa shape index (κ1) is 23.5. The summed E-state index contributed by atoms with van der Waals surface area (Å²) in [5.41, 5.74) is 1.50. The first-order valence-corrected chi connectivity index (χ1v) is 10.7. The van der Waals surface area contributed by atoms with Gasteiger partial charge in [-0.2, -0.15) is 4.31 Å². The van der Waals surface area contributed by atoms with E-state index in [9.17, 15) is 13.2 Å². The summed E-state index contributed by atoms with van der Waals surface area (Å²) in [4.78, 5) is 12.6. The summed E-state index contributed by atoms with van der Waals surface area (Å²) >= 11 is 0. The first-order valence-electron chi connectivity index (χ1n) is 9.26. The van der Waals surface area contributed by atoms with Gasteiger partial charge in [-0.1, -0.05) is 6.07 Å². The number of benzene rings is 2. The van der Waals surface area contributed by atoms with Gasteiger partial charge in [0.05, 0.1) is 38.8 Å². The fourth-order valence-corrected chi connectivity index (χ4v) is 4.18. The van der Waals surface area contributed by atoms with E-state index in [1.54, 1.807) is 39.2 Å². The van der Waals surface area contributed by atoms with E-state index in [0.29, 0.717) is 22.8 Å². The molecule has 164 valence electrons. The van der Waals surface area contributed by atoms with Crippen LogP contribution in [-0.2, 0) is 14.8 Å². The molecular formula is C21H28N2O6S. The van der Waals surface area contributed by atoms with Gasteiger partial charge in [0.1, 0.15) is 5.75 Å². The molecule has 0 fully saturated rings. The van der Waals surface area contributed by atoms with Gasteiger partial charge < -0.3 is 19.5 Å². The van der Waals surface area contributed by atoms with Crippen molar-refractivity contribution in [1.82, 2.24) is 9.62 Å². The average molecular weight is 437 g/mol. The number of amides is 1. The SMILES string of the molecule is COc1ccc(S(=O)(=O)N(C)CC(=O)NC(C)c2ccc(OC)c(OC)c2)cc1C. The molecule has 1 N–H and O–H groups in total. The number of hydrogen-bond donors (Lipinski definition) is 1. The third kappa shape index (κ3) is 5.22. The largest absolute Gasteiger partial charge is 0.496 e. The van der Waals surface area contributed by atoms with Crippen LogP contribution in [0.2, 0.25) is 0 Å². The van der Waals surface area contributed by atoms with E-state index in [2.05, 4.69) is 5.32 Å². The van der Waals surface area contributed by atoms with Gasteiger partial charge in [-0.05, 0) is 55.3 Å². The zero-order chi connectivity index (χ0) is 22.5. The van der Waals surface area contributed by atoms with E-state index >= 15 is 0 Å². The van der Waals surface area contributed by atoms with Crippen molar-refractivity contribution in [2.24, 2.45) is 0 Å². The Balaban J connectivity index is 2.08. The number of carbonyl (C=O) groups excluding carboxylic acids is 1. The van der Waals surface area contributed by atoms with Gasteiger partial charge in [0, 0.05) is 7.05 Å². The van der Waals surface area contributed by atoms with Crippen molar-refractivity contribution >= 4 is 15.9 Å². The molecule has 0 saturated heterocycles. The van der Waals surface area contributed by atoms with Gasteiger partial charge in [0.2, 0.25) is 15.9 Å². The number of methoxy groups -OCH3 is 3. The molecule has 0 heterocycles. The third-order valence-electron chi connectivity index (χ3n) is 4.73. The lowest BCUT2D eigenvalue weighted by Gasteiger charge is -2.20. The number of nitrogens with zero attached hydrogens (tertiary/aromatic N) is 1. The topological polar surface area (TPSA) is 94.2 Å². The van der Waals surface area contributed by atoms with Crippen molar-refractivity contribution in [2.45, 2.75) is 24.8 Å². The van der Waals surface area contributed by atoms with Crippen LogP contribution in [0.5, 0.6) is 17.2 Å². The number of nitrogens with one attached hydrogen (secondary N) is 1. The van der Waals surface area contributed by atoms with Crippen molar-refractivity contribution in [3.05, 3.63) is 47.5 Å². The van der Waals surface area contributed by atoms with Crippen molar-refractivity contribution in [3.63, 3.8) is 0 Å². The first-order chi connectivity index (χ1) is 14.1. The molecule has 9 heteroatoms. The molecule has 0 aliphatic rings. The summed E-state index contributed by atoms with van der Waals surface area (Å²) in [5.74, 6) is 1.30. The van der Waals surface area contributed by atoms with E-state index in [0.717, 1.165) is 9.87 Å². The third-order valence-corrected chi connectivity index (χ3v) is 6.53. The Morgan fingerprint density at radius 1 is 1.00 bits per heavy atom. The van der Waals surface area contributed by atoms with Crippen LogP contribution in [0.4, 0.5) is 0 Å². The minimum atomic E-state index is -3.82. The Kier molecular flexibility index (Phi) is 7.69. The Morgan fingerprint density at radius 3 is 2.17 bits per heavy atom. The Morgan fingerprint density at radius 2 is 1.60 bits per heavy atom. The fraction of sp³-hybridized carbons (Fsp3) is 0.381. The van der Waals surface area contributed by atoms with Crippen LogP contribution in [0.1, 0.15) is 24.1 Å².